The number of amidine groups is 1. The lowest BCUT2D eigenvalue weighted by molar-refractivity contribution is -0.115. The molecule has 0 atom stereocenters. The molecule has 3 rings (SSSR count). The monoisotopic (exact) mass is 548 g/mol. The van der Waals surface area contributed by atoms with Gasteiger partial charge in [0.15, 0.2) is 5.17 Å². The minimum atomic E-state index is -0.224. The first-order valence-corrected chi connectivity index (χ1v) is 10.9. The maximum Gasteiger partial charge on any atom is 0.264 e. The molecule has 1 saturated heterocycles. The molecule has 1 fully saturated rings. The Balaban J connectivity index is 1.87. The fraction of sp³-hybridized carbons (Fsp3) is 0.111. The number of hydrogen-bond donors (Lipinski definition) is 1. The van der Waals surface area contributed by atoms with Crippen LogP contribution in [0.3, 0.4) is 0 Å². The van der Waals surface area contributed by atoms with Crippen LogP contribution in [0.5, 0.6) is 5.75 Å². The minimum absolute atomic E-state index is 0.224. The van der Waals surface area contributed by atoms with Crippen molar-refractivity contribution >= 4 is 89.7 Å². The van der Waals surface area contributed by atoms with Gasteiger partial charge in [-0.05, 0) is 86.5 Å². The zero-order valence-electron chi connectivity index (χ0n) is 13.9. The number of amides is 1. The van der Waals surface area contributed by atoms with Gasteiger partial charge in [-0.15, -0.1) is 0 Å². The van der Waals surface area contributed by atoms with E-state index in [9.17, 15) is 4.79 Å². The molecular formula is C18H12Br2Cl2N2O2S. The van der Waals surface area contributed by atoms with Crippen molar-refractivity contribution in [3.8, 4) is 5.75 Å². The molecule has 4 nitrogen and oxygen atoms in total. The smallest absolute Gasteiger partial charge is 0.264 e. The summed E-state index contributed by atoms with van der Waals surface area (Å²) >= 11 is 20.4. The van der Waals surface area contributed by atoms with Crippen LogP contribution < -0.4 is 10.1 Å². The van der Waals surface area contributed by atoms with Crippen molar-refractivity contribution in [1.29, 1.82) is 0 Å². The fourth-order valence-electron chi connectivity index (χ4n) is 2.27. The summed E-state index contributed by atoms with van der Waals surface area (Å²) in [4.78, 5) is 17.2. The summed E-state index contributed by atoms with van der Waals surface area (Å²) in [5.74, 6) is 0.499. The van der Waals surface area contributed by atoms with E-state index in [-0.39, 0.29) is 5.91 Å². The van der Waals surface area contributed by atoms with Crippen molar-refractivity contribution in [2.45, 2.75) is 6.92 Å². The Morgan fingerprint density at radius 3 is 2.63 bits per heavy atom. The molecule has 0 bridgehead atoms. The summed E-state index contributed by atoms with van der Waals surface area (Å²) < 4.78 is 7.18. The molecule has 0 aromatic heterocycles. The Kier molecular flexibility index (Phi) is 6.92. The van der Waals surface area contributed by atoms with Crippen molar-refractivity contribution in [3.05, 3.63) is 59.8 Å². The molecule has 9 heteroatoms. The first-order chi connectivity index (χ1) is 12.9. The Morgan fingerprint density at radius 1 is 1.26 bits per heavy atom. The van der Waals surface area contributed by atoms with Gasteiger partial charge < -0.3 is 10.1 Å². The molecule has 0 radical (unpaired) electrons. The number of carbonyl (C=O) groups is 1. The van der Waals surface area contributed by atoms with Gasteiger partial charge in [-0.2, -0.15) is 0 Å². The highest BCUT2D eigenvalue weighted by Gasteiger charge is 2.24. The third-order valence-electron chi connectivity index (χ3n) is 3.41. The van der Waals surface area contributed by atoms with Crippen LogP contribution in [0.4, 0.5) is 5.69 Å². The van der Waals surface area contributed by atoms with Gasteiger partial charge in [0.2, 0.25) is 0 Å². The Bertz CT molecular complexity index is 957. The second-order valence-corrected chi connectivity index (χ2v) is 8.83. The molecule has 1 heterocycles. The van der Waals surface area contributed by atoms with Crippen molar-refractivity contribution < 1.29 is 9.53 Å². The number of benzene rings is 2. The van der Waals surface area contributed by atoms with Crippen molar-refractivity contribution in [3.63, 3.8) is 0 Å². The van der Waals surface area contributed by atoms with Gasteiger partial charge in [0, 0.05) is 0 Å². The molecule has 0 unspecified atom stereocenters. The maximum absolute atomic E-state index is 12.3. The van der Waals surface area contributed by atoms with Crippen LogP contribution in [-0.4, -0.2) is 17.7 Å². The Labute approximate surface area is 187 Å². The lowest BCUT2D eigenvalue weighted by atomic mass is 10.2. The summed E-state index contributed by atoms with van der Waals surface area (Å²) in [6.45, 7) is 2.48. The number of hydrogen-bond acceptors (Lipinski definition) is 4. The third kappa shape index (κ3) is 4.90. The Morgan fingerprint density at radius 2 is 1.96 bits per heavy atom. The normalized spacial score (nSPS) is 16.9. The lowest BCUT2D eigenvalue weighted by Gasteiger charge is -2.09. The first kappa shape index (κ1) is 20.7. The molecule has 0 aliphatic carbocycles. The van der Waals surface area contributed by atoms with Gasteiger partial charge in [-0.1, -0.05) is 29.3 Å². The molecule has 0 saturated carbocycles. The molecule has 140 valence electrons. The molecule has 1 aliphatic heterocycles. The summed E-state index contributed by atoms with van der Waals surface area (Å²) in [5.41, 5.74) is 1.34. The SMILES string of the molecule is CCOc1c(Br)cc(/C=C2\SC(=Nc3cccc(Cl)c3Cl)NC2=O)cc1Br. The summed E-state index contributed by atoms with van der Waals surface area (Å²) in [6.07, 6.45) is 1.79. The number of halogens is 4. The third-order valence-corrected chi connectivity index (χ3v) is 6.31. The topological polar surface area (TPSA) is 50.7 Å². The highest BCUT2D eigenvalue weighted by molar-refractivity contribution is 9.11. The van der Waals surface area contributed by atoms with E-state index in [1.165, 1.54) is 11.8 Å². The van der Waals surface area contributed by atoms with E-state index in [2.05, 4.69) is 42.2 Å². The van der Waals surface area contributed by atoms with Gasteiger partial charge in [0.1, 0.15) is 5.75 Å². The number of rotatable bonds is 4. The van der Waals surface area contributed by atoms with E-state index < -0.39 is 0 Å². The van der Waals surface area contributed by atoms with Gasteiger partial charge in [0.25, 0.3) is 5.91 Å². The zero-order valence-corrected chi connectivity index (χ0v) is 19.4. The molecule has 1 aliphatic rings. The van der Waals surface area contributed by atoms with E-state index in [4.69, 9.17) is 27.9 Å². The summed E-state index contributed by atoms with van der Waals surface area (Å²) in [6, 6.07) is 8.94. The number of thioether (sulfide) groups is 1. The molecular weight excluding hydrogens is 539 g/mol. The largest absolute Gasteiger partial charge is 0.492 e. The van der Waals surface area contributed by atoms with Gasteiger partial charge in [-0.25, -0.2) is 4.99 Å². The number of ether oxygens (including phenoxy) is 1. The van der Waals surface area contributed by atoms with E-state index >= 15 is 0 Å². The molecule has 1 N–H and O–H groups in total. The first-order valence-electron chi connectivity index (χ1n) is 7.74. The second-order valence-electron chi connectivity index (χ2n) is 5.30. The van der Waals surface area contributed by atoms with E-state index in [1.807, 2.05) is 19.1 Å². The number of aliphatic imine (C=N–C) groups is 1. The van der Waals surface area contributed by atoms with Crippen LogP contribution in [0.25, 0.3) is 6.08 Å². The highest BCUT2D eigenvalue weighted by Crippen LogP contribution is 2.37. The van der Waals surface area contributed by atoms with E-state index in [0.717, 1.165) is 20.3 Å². The Hall–Kier alpha value is -0.990. The second kappa shape index (κ2) is 9.01. The van der Waals surface area contributed by atoms with Crippen molar-refractivity contribution in [2.75, 3.05) is 6.61 Å². The molecule has 2 aromatic rings. The standard InChI is InChI=1S/C18H12Br2Cl2N2O2S/c1-2-26-16-10(19)6-9(7-11(16)20)8-14-17(25)24-18(27-14)23-13-5-3-4-12(21)15(13)22/h3-8H,2H2,1H3,(H,23,24,25)/b14-8-. The van der Waals surface area contributed by atoms with Crippen LogP contribution in [0.15, 0.2) is 49.2 Å². The number of nitrogens with zero attached hydrogens (tertiary/aromatic N) is 1. The van der Waals surface area contributed by atoms with Crippen molar-refractivity contribution in [1.82, 2.24) is 5.32 Å². The molecule has 27 heavy (non-hydrogen) atoms. The molecule has 2 aromatic carbocycles. The van der Waals surface area contributed by atoms with Crippen LogP contribution >= 0.6 is 66.8 Å². The van der Waals surface area contributed by atoms with Crippen LogP contribution in [0.2, 0.25) is 10.0 Å². The quantitative estimate of drug-likeness (QED) is 0.425. The number of nitrogens with one attached hydrogen (secondary N) is 1. The van der Waals surface area contributed by atoms with Gasteiger partial charge in [-0.3, -0.25) is 4.79 Å². The fourth-order valence-corrected chi connectivity index (χ4v) is 4.89. The van der Waals surface area contributed by atoms with Crippen LogP contribution in [0, 0.1) is 0 Å². The maximum atomic E-state index is 12.3. The van der Waals surface area contributed by atoms with E-state index in [0.29, 0.717) is 32.4 Å². The minimum Gasteiger partial charge on any atom is -0.492 e. The lowest BCUT2D eigenvalue weighted by Crippen LogP contribution is -2.19. The van der Waals surface area contributed by atoms with Crippen LogP contribution in [-0.2, 0) is 4.79 Å². The predicted molar refractivity (Wildman–Crippen MR) is 120 cm³/mol. The average Bonchev–Trinajstić information content (AvgIpc) is 2.94. The van der Waals surface area contributed by atoms with Gasteiger partial charge >= 0.3 is 0 Å². The van der Waals surface area contributed by atoms with E-state index in [1.54, 1.807) is 24.3 Å². The van der Waals surface area contributed by atoms with Crippen LogP contribution in [0.1, 0.15) is 12.5 Å². The van der Waals surface area contributed by atoms with Gasteiger partial charge in [0.05, 0.1) is 36.2 Å². The van der Waals surface area contributed by atoms with Crippen molar-refractivity contribution in [2.24, 2.45) is 4.99 Å². The average molecular weight is 551 g/mol. The summed E-state index contributed by atoms with van der Waals surface area (Å²) in [7, 11) is 0. The zero-order chi connectivity index (χ0) is 19.6. The molecule has 1 amide bonds. The highest BCUT2D eigenvalue weighted by atomic mass is 79.9. The number of carbonyl (C=O) groups excluding carboxylic acids is 1. The molecule has 0 spiro atoms. The summed E-state index contributed by atoms with van der Waals surface area (Å²) in [5, 5.41) is 3.94. The predicted octanol–water partition coefficient (Wildman–Crippen LogP) is 6.81.